The molecule has 1 aliphatic rings. The number of nitrogens with one attached hydrogen (secondary N) is 1. The summed E-state index contributed by atoms with van der Waals surface area (Å²) in [6.45, 7) is 7.55. The van der Waals surface area contributed by atoms with E-state index in [0.29, 0.717) is 6.04 Å². The lowest BCUT2D eigenvalue weighted by Gasteiger charge is -2.29. The summed E-state index contributed by atoms with van der Waals surface area (Å²) < 4.78 is 0. The van der Waals surface area contributed by atoms with E-state index in [4.69, 9.17) is 4.98 Å². The lowest BCUT2D eigenvalue weighted by molar-refractivity contribution is 0.642. The monoisotopic (exact) mass is 307 g/mol. The number of hydrogen-bond donors (Lipinski definition) is 1. The molecule has 0 bridgehead atoms. The Bertz CT molecular complexity index is 471. The van der Waals surface area contributed by atoms with E-state index in [9.17, 15) is 0 Å². The van der Waals surface area contributed by atoms with Crippen molar-refractivity contribution >= 4 is 17.6 Å². The summed E-state index contributed by atoms with van der Waals surface area (Å²) in [6.07, 6.45) is 6.02. The molecule has 1 heterocycles. The predicted molar refractivity (Wildman–Crippen MR) is 94.4 cm³/mol. The van der Waals surface area contributed by atoms with Crippen LogP contribution in [0, 0.1) is 13.8 Å². The van der Waals surface area contributed by atoms with Crippen molar-refractivity contribution in [3.63, 3.8) is 0 Å². The topological polar surface area (TPSA) is 28.2 Å². The van der Waals surface area contributed by atoms with Crippen LogP contribution >= 0.6 is 11.8 Å². The normalized spacial score (nSPS) is 16.0. The average molecular weight is 308 g/mol. The van der Waals surface area contributed by atoms with Crippen LogP contribution in [0.4, 0.5) is 5.82 Å². The predicted octanol–water partition coefficient (Wildman–Crippen LogP) is 3.53. The van der Waals surface area contributed by atoms with Gasteiger partial charge in [0.05, 0.1) is 0 Å². The van der Waals surface area contributed by atoms with Crippen molar-refractivity contribution in [1.82, 2.24) is 10.3 Å². The Morgan fingerprint density at radius 1 is 1.43 bits per heavy atom. The first kappa shape index (κ1) is 16.6. The minimum atomic E-state index is 0.519. The standard InChI is InChI=1S/C17H29N3S/c1-12-10-13(2)19-17(16(12)11-18-15-6-7-15)20(4)14(3)8-9-21-5/h10,14-15,18H,6-9,11H2,1-5H3. The molecular weight excluding hydrogens is 278 g/mol. The highest BCUT2D eigenvalue weighted by atomic mass is 32.2. The highest BCUT2D eigenvalue weighted by Gasteiger charge is 2.22. The molecule has 0 aliphatic heterocycles. The molecule has 0 radical (unpaired) electrons. The first-order chi connectivity index (χ1) is 10.0. The summed E-state index contributed by atoms with van der Waals surface area (Å²) >= 11 is 1.92. The van der Waals surface area contributed by atoms with Crippen LogP contribution in [0.1, 0.15) is 43.0 Å². The maximum Gasteiger partial charge on any atom is 0.133 e. The third-order valence-corrected chi connectivity index (χ3v) is 4.98. The minimum Gasteiger partial charge on any atom is -0.357 e. The summed E-state index contributed by atoms with van der Waals surface area (Å²) in [5.74, 6) is 2.36. The molecule has 1 aromatic rings. The van der Waals surface area contributed by atoms with Gasteiger partial charge in [-0.1, -0.05) is 0 Å². The maximum atomic E-state index is 4.84. The number of anilines is 1. The maximum absolute atomic E-state index is 4.84. The molecule has 2 rings (SSSR count). The molecule has 0 aromatic carbocycles. The van der Waals surface area contributed by atoms with Gasteiger partial charge in [0.2, 0.25) is 0 Å². The summed E-state index contributed by atoms with van der Waals surface area (Å²) in [5, 5.41) is 3.64. The van der Waals surface area contributed by atoms with Gasteiger partial charge in [-0.2, -0.15) is 11.8 Å². The number of pyridine rings is 1. The van der Waals surface area contributed by atoms with Crippen LogP contribution in [-0.2, 0) is 6.54 Å². The van der Waals surface area contributed by atoms with Crippen LogP contribution in [0.15, 0.2) is 6.07 Å². The largest absolute Gasteiger partial charge is 0.357 e. The zero-order valence-corrected chi connectivity index (χ0v) is 14.9. The molecule has 4 heteroatoms. The molecule has 1 atom stereocenters. The van der Waals surface area contributed by atoms with E-state index >= 15 is 0 Å². The second-order valence-electron chi connectivity index (χ2n) is 6.28. The van der Waals surface area contributed by atoms with E-state index in [-0.39, 0.29) is 0 Å². The molecule has 3 nitrogen and oxygen atoms in total. The van der Waals surface area contributed by atoms with Gasteiger partial charge in [-0.05, 0) is 63.7 Å². The van der Waals surface area contributed by atoms with Gasteiger partial charge in [0.1, 0.15) is 5.82 Å². The molecule has 1 N–H and O–H groups in total. The number of rotatable bonds is 8. The molecule has 1 unspecified atom stereocenters. The molecule has 1 saturated carbocycles. The summed E-state index contributed by atoms with van der Waals surface area (Å²) in [7, 11) is 2.19. The van der Waals surface area contributed by atoms with E-state index in [2.05, 4.69) is 50.4 Å². The highest BCUT2D eigenvalue weighted by molar-refractivity contribution is 7.98. The van der Waals surface area contributed by atoms with Gasteiger partial charge in [-0.3, -0.25) is 0 Å². The number of thioether (sulfide) groups is 1. The van der Waals surface area contributed by atoms with Gasteiger partial charge in [-0.15, -0.1) is 0 Å². The van der Waals surface area contributed by atoms with Crippen molar-refractivity contribution in [2.75, 3.05) is 24.0 Å². The minimum absolute atomic E-state index is 0.519. The molecule has 0 spiro atoms. The third-order valence-electron chi connectivity index (χ3n) is 4.33. The van der Waals surface area contributed by atoms with Crippen molar-refractivity contribution in [3.05, 3.63) is 22.9 Å². The Labute approximate surface area is 133 Å². The van der Waals surface area contributed by atoms with E-state index in [1.807, 2.05) is 11.8 Å². The first-order valence-corrected chi connectivity index (χ1v) is 9.34. The Balaban J connectivity index is 2.17. The first-order valence-electron chi connectivity index (χ1n) is 7.95. The summed E-state index contributed by atoms with van der Waals surface area (Å²) in [6, 6.07) is 3.46. The van der Waals surface area contributed by atoms with E-state index < -0.39 is 0 Å². The van der Waals surface area contributed by atoms with Gasteiger partial charge in [0, 0.05) is 36.9 Å². The highest BCUT2D eigenvalue weighted by Crippen LogP contribution is 2.26. The Kier molecular flexibility index (Phi) is 5.94. The van der Waals surface area contributed by atoms with Crippen molar-refractivity contribution in [2.45, 2.75) is 58.7 Å². The van der Waals surface area contributed by atoms with E-state index in [1.54, 1.807) is 0 Å². The summed E-state index contributed by atoms with van der Waals surface area (Å²) in [5.41, 5.74) is 3.84. The zero-order valence-electron chi connectivity index (χ0n) is 14.1. The molecule has 0 amide bonds. The molecular formula is C17H29N3S. The second-order valence-corrected chi connectivity index (χ2v) is 7.26. The van der Waals surface area contributed by atoms with E-state index in [1.165, 1.54) is 36.1 Å². The number of hydrogen-bond acceptors (Lipinski definition) is 4. The number of aromatic nitrogens is 1. The van der Waals surface area contributed by atoms with Crippen LogP contribution < -0.4 is 10.2 Å². The van der Waals surface area contributed by atoms with Crippen molar-refractivity contribution in [2.24, 2.45) is 0 Å². The third kappa shape index (κ3) is 4.62. The smallest absolute Gasteiger partial charge is 0.133 e. The van der Waals surface area contributed by atoms with Crippen molar-refractivity contribution < 1.29 is 0 Å². The average Bonchev–Trinajstić information content (AvgIpc) is 3.26. The van der Waals surface area contributed by atoms with Crippen LogP contribution in [0.3, 0.4) is 0 Å². The second kappa shape index (κ2) is 7.50. The molecule has 1 fully saturated rings. The molecule has 1 aliphatic carbocycles. The van der Waals surface area contributed by atoms with Gasteiger partial charge >= 0.3 is 0 Å². The fourth-order valence-electron chi connectivity index (χ4n) is 2.58. The Morgan fingerprint density at radius 3 is 2.76 bits per heavy atom. The zero-order chi connectivity index (χ0) is 15.4. The number of nitrogens with zero attached hydrogens (tertiary/aromatic N) is 2. The molecule has 1 aromatic heterocycles. The molecule has 118 valence electrons. The van der Waals surface area contributed by atoms with Crippen LogP contribution in [-0.4, -0.2) is 36.1 Å². The lowest BCUT2D eigenvalue weighted by atomic mass is 10.1. The van der Waals surface area contributed by atoms with Gasteiger partial charge in [-0.25, -0.2) is 4.98 Å². The van der Waals surface area contributed by atoms with Gasteiger partial charge < -0.3 is 10.2 Å². The van der Waals surface area contributed by atoms with Crippen LogP contribution in [0.25, 0.3) is 0 Å². The summed E-state index contributed by atoms with van der Waals surface area (Å²) in [4.78, 5) is 7.20. The Morgan fingerprint density at radius 2 is 2.14 bits per heavy atom. The fourth-order valence-corrected chi connectivity index (χ4v) is 3.16. The lowest BCUT2D eigenvalue weighted by Crippen LogP contribution is -2.32. The van der Waals surface area contributed by atoms with Crippen molar-refractivity contribution in [1.29, 1.82) is 0 Å². The SMILES string of the molecule is CSCCC(C)N(C)c1nc(C)cc(C)c1CNC1CC1. The quantitative estimate of drug-likeness (QED) is 0.795. The Hall–Kier alpha value is -0.740. The molecule has 21 heavy (non-hydrogen) atoms. The van der Waals surface area contributed by atoms with E-state index in [0.717, 1.165) is 24.1 Å². The fraction of sp³-hybridized carbons (Fsp3) is 0.706. The molecule has 0 saturated heterocycles. The van der Waals surface area contributed by atoms with Gasteiger partial charge in [0.25, 0.3) is 0 Å². The van der Waals surface area contributed by atoms with Gasteiger partial charge in [0.15, 0.2) is 0 Å². The van der Waals surface area contributed by atoms with Crippen molar-refractivity contribution in [3.8, 4) is 0 Å². The number of aryl methyl sites for hydroxylation is 2. The van der Waals surface area contributed by atoms with Crippen LogP contribution in [0.5, 0.6) is 0 Å². The van der Waals surface area contributed by atoms with Crippen LogP contribution in [0.2, 0.25) is 0 Å².